The maximum atomic E-state index is 13.1. The fourth-order valence-corrected chi connectivity index (χ4v) is 16.3. The summed E-state index contributed by atoms with van der Waals surface area (Å²) in [5.41, 5.74) is 2.49. The van der Waals surface area contributed by atoms with Gasteiger partial charge in [-0.1, -0.05) is 136 Å². The second-order valence-corrected chi connectivity index (χ2v) is 50.7. The maximum Gasteiger partial charge on any atom is 0.264 e. The fraction of sp³-hybridized carbons (Fsp3) is 0.895. The highest BCUT2D eigenvalue weighted by atomic mass is 127. The minimum absolute atomic E-state index is 0.00920. The molecule has 0 aliphatic carbocycles. The van der Waals surface area contributed by atoms with Gasteiger partial charge in [0.1, 0.15) is 12.2 Å². The molecule has 0 saturated carbocycles. The Hall–Kier alpha value is 0.408. The Kier molecular flexibility index (Phi) is 22.5. The number of fused-ring (bicyclic) bond motifs is 1. The van der Waals surface area contributed by atoms with Crippen LogP contribution in [0.25, 0.3) is 0 Å². The molecular formula is C57H109IO11SSi4. The highest BCUT2D eigenvalue weighted by Crippen LogP contribution is 2.50. The van der Waals surface area contributed by atoms with E-state index in [0.717, 1.165) is 31.9 Å². The summed E-state index contributed by atoms with van der Waals surface area (Å²) in [5.74, 6) is -1.19. The Labute approximate surface area is 471 Å². The first kappa shape index (κ1) is 66.9. The third-order valence-corrected chi connectivity index (χ3v) is 37.3. The minimum Gasteiger partial charge on any atom is -0.411 e. The van der Waals surface area contributed by atoms with Crippen molar-refractivity contribution >= 4 is 66.0 Å². The van der Waals surface area contributed by atoms with Crippen LogP contribution in [0.2, 0.25) is 72.5 Å². The Bertz CT molecular complexity index is 2050. The van der Waals surface area contributed by atoms with Crippen LogP contribution in [0.1, 0.15) is 169 Å². The average molecular weight is 1240 g/mol. The van der Waals surface area contributed by atoms with Crippen LogP contribution >= 0.6 is 22.6 Å². The van der Waals surface area contributed by atoms with Crippen molar-refractivity contribution in [1.29, 1.82) is 0 Å². The summed E-state index contributed by atoms with van der Waals surface area (Å²) in [5, 5.41) is -0.161. The van der Waals surface area contributed by atoms with Crippen molar-refractivity contribution in [3.8, 4) is 0 Å². The van der Waals surface area contributed by atoms with Gasteiger partial charge in [0.25, 0.3) is 10.1 Å². The van der Waals surface area contributed by atoms with Crippen LogP contribution in [-0.4, -0.2) is 121 Å². The average Bonchev–Trinajstić information content (AvgIpc) is 3.65. The quantitative estimate of drug-likeness (QED) is 0.0473. The van der Waals surface area contributed by atoms with E-state index < -0.39 is 67.5 Å². The largest absolute Gasteiger partial charge is 0.411 e. The molecule has 13 atom stereocenters. The third kappa shape index (κ3) is 18.0. The molecule has 0 radical (unpaired) electrons. The molecule has 0 aromatic rings. The van der Waals surface area contributed by atoms with E-state index in [4.69, 9.17) is 40.8 Å². The Balaban J connectivity index is 1.76. The number of allylic oxidation sites excluding steroid dienone is 2. The molecule has 3 saturated heterocycles. The summed E-state index contributed by atoms with van der Waals surface area (Å²) < 4.78 is 92.9. The van der Waals surface area contributed by atoms with Gasteiger partial charge >= 0.3 is 0 Å². The van der Waals surface area contributed by atoms with Crippen molar-refractivity contribution < 1.29 is 49.3 Å². The smallest absolute Gasteiger partial charge is 0.264 e. The van der Waals surface area contributed by atoms with E-state index in [2.05, 4.69) is 204 Å². The topological polar surface area (TPSA) is 117 Å². The van der Waals surface area contributed by atoms with Crippen molar-refractivity contribution in [3.63, 3.8) is 0 Å². The van der Waals surface area contributed by atoms with E-state index >= 15 is 0 Å². The van der Waals surface area contributed by atoms with Crippen LogP contribution in [0, 0.1) is 5.92 Å². The number of hydrogen-bond donors (Lipinski definition) is 0. The van der Waals surface area contributed by atoms with E-state index in [1.54, 1.807) is 0 Å². The molecule has 0 aromatic carbocycles. The lowest BCUT2D eigenvalue weighted by molar-refractivity contribution is -0.339. The van der Waals surface area contributed by atoms with E-state index in [-0.39, 0.29) is 74.9 Å². The zero-order valence-electron chi connectivity index (χ0n) is 51.4. The molecule has 11 nitrogen and oxygen atoms in total. The van der Waals surface area contributed by atoms with Crippen LogP contribution in [0.15, 0.2) is 33.5 Å². The van der Waals surface area contributed by atoms with Crippen LogP contribution < -0.4 is 0 Å². The van der Waals surface area contributed by atoms with E-state index in [0.29, 0.717) is 32.1 Å². The molecule has 4 rings (SSSR count). The Morgan fingerprint density at radius 3 is 1.84 bits per heavy atom. The van der Waals surface area contributed by atoms with Gasteiger partial charge in [0.2, 0.25) is 0 Å². The Morgan fingerprint density at radius 2 is 1.32 bits per heavy atom. The van der Waals surface area contributed by atoms with Crippen molar-refractivity contribution in [3.05, 3.63) is 33.5 Å². The van der Waals surface area contributed by atoms with Gasteiger partial charge in [-0.25, -0.2) is 0 Å². The molecule has 4 aliphatic rings. The van der Waals surface area contributed by atoms with Crippen molar-refractivity contribution in [2.45, 2.75) is 314 Å². The van der Waals surface area contributed by atoms with Crippen molar-refractivity contribution in [1.82, 2.24) is 0 Å². The van der Waals surface area contributed by atoms with Crippen LogP contribution in [0.5, 0.6) is 0 Å². The molecule has 4 aliphatic heterocycles. The molecule has 0 bridgehead atoms. The van der Waals surface area contributed by atoms with Crippen LogP contribution in [0.3, 0.4) is 0 Å². The molecule has 17 heteroatoms. The van der Waals surface area contributed by atoms with Crippen LogP contribution in [0.4, 0.5) is 0 Å². The second-order valence-electron chi connectivity index (χ2n) is 29.3. The summed E-state index contributed by atoms with van der Waals surface area (Å²) in [6.07, 6.45) is 10.8. The van der Waals surface area contributed by atoms with E-state index in [1.807, 2.05) is 4.08 Å². The number of ether oxygens (including phenoxy) is 4. The van der Waals surface area contributed by atoms with Gasteiger partial charge in [-0.05, 0) is 148 Å². The highest BCUT2D eigenvalue weighted by Gasteiger charge is 2.58. The highest BCUT2D eigenvalue weighted by molar-refractivity contribution is 14.1. The summed E-state index contributed by atoms with van der Waals surface area (Å²) in [4.78, 5) is 0. The molecule has 0 aromatic heterocycles. The van der Waals surface area contributed by atoms with Gasteiger partial charge in [-0.15, -0.1) is 0 Å². The van der Waals surface area contributed by atoms with Gasteiger partial charge in [0.05, 0.1) is 61.2 Å². The van der Waals surface area contributed by atoms with E-state index in [1.165, 1.54) is 11.1 Å². The predicted molar refractivity (Wildman–Crippen MR) is 325 cm³/mol. The molecule has 3 fully saturated rings. The fourth-order valence-electron chi connectivity index (χ4n) is 9.93. The van der Waals surface area contributed by atoms with Crippen molar-refractivity contribution in [2.24, 2.45) is 5.92 Å². The molecule has 0 N–H and O–H groups in total. The first-order chi connectivity index (χ1) is 33.3. The second kappa shape index (κ2) is 24.9. The molecule has 1 spiro atoms. The number of rotatable bonds is 21. The van der Waals surface area contributed by atoms with Gasteiger partial charge < -0.3 is 36.7 Å². The molecule has 4 heterocycles. The zero-order valence-corrected chi connectivity index (χ0v) is 58.4. The van der Waals surface area contributed by atoms with Crippen LogP contribution in [-0.2, 0) is 51.0 Å². The molecule has 0 amide bonds. The number of hydrogen-bond acceptors (Lipinski definition) is 11. The summed E-state index contributed by atoms with van der Waals surface area (Å²) in [7, 11) is -13.1. The lowest BCUT2D eigenvalue weighted by Crippen LogP contribution is -2.66. The third-order valence-electron chi connectivity index (χ3n) is 18.2. The normalized spacial score (nSPS) is 30.0. The first-order valence-corrected chi connectivity index (χ1v) is 42.9. The lowest BCUT2D eigenvalue weighted by Gasteiger charge is -2.56. The van der Waals surface area contributed by atoms with Gasteiger partial charge in [-0.2, -0.15) is 8.42 Å². The minimum atomic E-state index is -3.82. The van der Waals surface area contributed by atoms with Gasteiger partial charge in [0.15, 0.2) is 39.1 Å². The summed E-state index contributed by atoms with van der Waals surface area (Å²) in [6.45, 7) is 54.4. The van der Waals surface area contributed by atoms with Gasteiger partial charge in [-0.3, -0.25) is 4.18 Å². The Morgan fingerprint density at radius 1 is 0.784 bits per heavy atom. The monoisotopic (exact) mass is 1240 g/mol. The molecular weight excluding hydrogens is 1130 g/mol. The summed E-state index contributed by atoms with van der Waals surface area (Å²) >= 11 is 2.21. The zero-order chi connectivity index (χ0) is 56.6. The predicted octanol–water partition coefficient (Wildman–Crippen LogP) is 15.9. The lowest BCUT2D eigenvalue weighted by atomic mass is 9.83. The first-order valence-electron chi connectivity index (χ1n) is 28.2. The SMILES string of the molecule is CC(C)=C[C@@H](O[Si](C)(C)C(C)(C)C)[C@H]1CC[C@H](CC2CC(C)=C[C@]3(C[C@H](O[Si](C)(C)C(C)(C)C)[C@@H]4O[C@H](C[C@H](C)[C@H](O[Si](C)(C)C(C)(C)C)C(CC/C=C/I)OS(C)(=O)=O)[C@H](O[Si](C)(C)C(C)(C)C)C[C@H]4O3)O2)O1. The van der Waals surface area contributed by atoms with Gasteiger partial charge in [0, 0.05) is 19.3 Å². The van der Waals surface area contributed by atoms with Crippen molar-refractivity contribution in [2.75, 3.05) is 6.26 Å². The molecule has 432 valence electrons. The molecule has 2 unspecified atom stereocenters. The number of halogens is 1. The maximum absolute atomic E-state index is 13.1. The summed E-state index contributed by atoms with van der Waals surface area (Å²) in [6, 6.07) is 0. The molecule has 74 heavy (non-hydrogen) atoms. The van der Waals surface area contributed by atoms with E-state index in [9.17, 15) is 8.42 Å². The standard InChI is InChI=1S/C57H109IO11SSi4/c1-39(2)32-47(66-71(18,19)53(5,6)7)44-30-29-42(61-44)35-43-33-40(3)37-57(63-43)38-50(68-73(22,23)55(11,12)13)52-49(64-57)36-48(67-72(20,21)54(8,9)10)46(62-52)34-41(4)51(69-74(24,25)56(14,15)16)45(28-26-27-31-58)65-70(17,59)60/h27,31-32,37,41-52H,26,28-30,33-36,38H2,1-25H3/b31-27+/t41-,42+,43?,44+,45?,46+,47+,48+,49+,50-,51-,52+,57-/m0/s1.